The Bertz CT molecular complexity index is 816. The zero-order chi connectivity index (χ0) is 20.9. The highest BCUT2D eigenvalue weighted by atomic mass is 16.6. The summed E-state index contributed by atoms with van der Waals surface area (Å²) in [6.45, 7) is 8.73. The summed E-state index contributed by atoms with van der Waals surface area (Å²) < 4.78 is 7.25. The topological polar surface area (TPSA) is 89.0 Å². The number of aromatic nitrogens is 2. The van der Waals surface area contributed by atoms with Gasteiger partial charge in [-0.3, -0.25) is 4.99 Å². The van der Waals surface area contributed by atoms with Crippen molar-refractivity contribution in [3.8, 4) is 5.69 Å². The van der Waals surface area contributed by atoms with Gasteiger partial charge in [0, 0.05) is 45.1 Å². The Morgan fingerprint density at radius 1 is 1.14 bits per heavy atom. The number of hydrogen-bond donors (Lipinski definition) is 1. The van der Waals surface area contributed by atoms with Crippen molar-refractivity contribution >= 4 is 12.1 Å². The fourth-order valence-corrected chi connectivity index (χ4v) is 3.08. The highest BCUT2D eigenvalue weighted by Gasteiger charge is 2.26. The van der Waals surface area contributed by atoms with Crippen LogP contribution in [0.25, 0.3) is 5.69 Å². The zero-order valence-corrected chi connectivity index (χ0v) is 17.4. The first-order chi connectivity index (χ1) is 13.8. The lowest BCUT2D eigenvalue weighted by atomic mass is 10.1. The van der Waals surface area contributed by atoms with Gasteiger partial charge in [-0.05, 0) is 51.0 Å². The van der Waals surface area contributed by atoms with Crippen LogP contribution in [0, 0.1) is 0 Å². The monoisotopic (exact) mass is 398 g/mol. The molecule has 0 saturated carbocycles. The van der Waals surface area contributed by atoms with Gasteiger partial charge in [-0.1, -0.05) is 12.1 Å². The van der Waals surface area contributed by atoms with Crippen LogP contribution in [0.2, 0.25) is 0 Å². The number of carbonyl (C=O) groups is 1. The Balaban J connectivity index is 1.44. The zero-order valence-electron chi connectivity index (χ0n) is 17.4. The summed E-state index contributed by atoms with van der Waals surface area (Å²) in [6.07, 6.45) is 4.23. The molecule has 0 bridgehead atoms. The molecule has 0 spiro atoms. The van der Waals surface area contributed by atoms with Gasteiger partial charge in [0.2, 0.25) is 0 Å². The van der Waals surface area contributed by atoms with Crippen LogP contribution in [0.5, 0.6) is 0 Å². The van der Waals surface area contributed by atoms with Crippen LogP contribution >= 0.6 is 0 Å². The number of aliphatic imine (C=N–C) groups is 1. The first-order valence-corrected chi connectivity index (χ1v) is 9.93. The maximum atomic E-state index is 12.1. The summed E-state index contributed by atoms with van der Waals surface area (Å²) in [5.41, 5.74) is 7.91. The van der Waals surface area contributed by atoms with Gasteiger partial charge in [0.1, 0.15) is 5.60 Å². The Kier molecular flexibility index (Phi) is 6.41. The summed E-state index contributed by atoms with van der Waals surface area (Å²) in [4.78, 5) is 20.4. The van der Waals surface area contributed by atoms with Gasteiger partial charge in [-0.25, -0.2) is 9.48 Å². The third kappa shape index (κ3) is 5.97. The molecule has 1 saturated heterocycles. The predicted molar refractivity (Wildman–Crippen MR) is 113 cm³/mol. The Morgan fingerprint density at radius 2 is 1.79 bits per heavy atom. The number of piperazine rings is 1. The van der Waals surface area contributed by atoms with E-state index in [1.54, 1.807) is 11.1 Å². The molecule has 29 heavy (non-hydrogen) atoms. The number of ether oxygens (including phenoxy) is 1. The minimum absolute atomic E-state index is 0.272. The molecule has 2 aromatic rings. The van der Waals surface area contributed by atoms with Gasteiger partial charge in [0.05, 0.1) is 5.69 Å². The van der Waals surface area contributed by atoms with Crippen molar-refractivity contribution in [3.05, 3.63) is 48.3 Å². The first kappa shape index (κ1) is 20.7. The molecule has 1 aliphatic rings. The second-order valence-corrected chi connectivity index (χ2v) is 8.06. The van der Waals surface area contributed by atoms with E-state index in [1.807, 2.05) is 54.7 Å². The van der Waals surface area contributed by atoms with E-state index in [4.69, 9.17) is 10.5 Å². The van der Waals surface area contributed by atoms with Gasteiger partial charge in [-0.2, -0.15) is 5.10 Å². The summed E-state index contributed by atoms with van der Waals surface area (Å²) >= 11 is 0. The summed E-state index contributed by atoms with van der Waals surface area (Å²) in [5.74, 6) is 0.530. The lowest BCUT2D eigenvalue weighted by Gasteiger charge is -2.36. The smallest absolute Gasteiger partial charge is 0.410 e. The van der Waals surface area contributed by atoms with Crippen LogP contribution in [0.4, 0.5) is 4.79 Å². The molecular weight excluding hydrogens is 368 g/mol. The van der Waals surface area contributed by atoms with E-state index in [2.05, 4.69) is 22.2 Å². The second kappa shape index (κ2) is 8.98. The first-order valence-electron chi connectivity index (χ1n) is 9.93. The van der Waals surface area contributed by atoms with Crippen molar-refractivity contribution in [2.45, 2.75) is 32.8 Å². The van der Waals surface area contributed by atoms with Crippen molar-refractivity contribution in [1.29, 1.82) is 0 Å². The molecule has 8 nitrogen and oxygen atoms in total. The highest BCUT2D eigenvalue weighted by Crippen LogP contribution is 2.12. The molecule has 0 aliphatic carbocycles. The Hall–Kier alpha value is -3.03. The Labute approximate surface area is 171 Å². The maximum Gasteiger partial charge on any atom is 0.410 e. The standard InChI is InChI=1S/C21H30N6O2/c1-21(2,3)29-20(28)26-15-13-25(14-16-26)19(22)23-11-9-17-5-7-18(8-6-17)27-12-4-10-24-27/h4-8,10,12H,9,11,13-16H2,1-3H3,(H2,22,23). The third-order valence-electron chi connectivity index (χ3n) is 4.63. The highest BCUT2D eigenvalue weighted by molar-refractivity contribution is 5.78. The van der Waals surface area contributed by atoms with E-state index < -0.39 is 5.60 Å². The van der Waals surface area contributed by atoms with Crippen molar-refractivity contribution in [2.75, 3.05) is 32.7 Å². The normalized spacial score (nSPS) is 15.5. The molecule has 0 unspecified atom stereocenters. The molecule has 2 heterocycles. The van der Waals surface area contributed by atoms with Crippen LogP contribution < -0.4 is 5.73 Å². The van der Waals surface area contributed by atoms with Crippen molar-refractivity contribution in [2.24, 2.45) is 10.7 Å². The van der Waals surface area contributed by atoms with Gasteiger partial charge in [-0.15, -0.1) is 0 Å². The minimum atomic E-state index is -0.481. The van der Waals surface area contributed by atoms with E-state index in [0.29, 0.717) is 38.7 Å². The summed E-state index contributed by atoms with van der Waals surface area (Å²) in [5, 5.41) is 4.23. The second-order valence-electron chi connectivity index (χ2n) is 8.06. The molecule has 1 fully saturated rings. The maximum absolute atomic E-state index is 12.1. The third-order valence-corrected chi connectivity index (χ3v) is 4.63. The minimum Gasteiger partial charge on any atom is -0.444 e. The van der Waals surface area contributed by atoms with Crippen LogP contribution in [0.3, 0.4) is 0 Å². The molecule has 1 aromatic carbocycles. The van der Waals surface area contributed by atoms with Gasteiger partial charge in [0.15, 0.2) is 5.96 Å². The molecule has 8 heteroatoms. The number of hydrogen-bond acceptors (Lipinski definition) is 4. The molecule has 2 N–H and O–H groups in total. The molecule has 0 radical (unpaired) electrons. The molecule has 0 atom stereocenters. The number of rotatable bonds is 4. The predicted octanol–water partition coefficient (Wildman–Crippen LogP) is 2.28. The van der Waals surface area contributed by atoms with Crippen LogP contribution in [0.15, 0.2) is 47.7 Å². The van der Waals surface area contributed by atoms with Crippen molar-refractivity contribution < 1.29 is 9.53 Å². The average Bonchev–Trinajstić information content (AvgIpc) is 3.22. The summed E-state index contributed by atoms with van der Waals surface area (Å²) in [7, 11) is 0. The van der Waals surface area contributed by atoms with Crippen molar-refractivity contribution in [3.63, 3.8) is 0 Å². The van der Waals surface area contributed by atoms with E-state index in [9.17, 15) is 4.79 Å². The number of nitrogens with zero attached hydrogens (tertiary/aromatic N) is 5. The number of carbonyl (C=O) groups excluding carboxylic acids is 1. The van der Waals surface area contributed by atoms with E-state index in [0.717, 1.165) is 12.1 Å². The molecule has 1 aromatic heterocycles. The van der Waals surface area contributed by atoms with Gasteiger partial charge >= 0.3 is 6.09 Å². The molecular formula is C21H30N6O2. The largest absolute Gasteiger partial charge is 0.444 e. The molecule has 1 amide bonds. The van der Waals surface area contributed by atoms with Crippen LogP contribution in [-0.2, 0) is 11.2 Å². The average molecular weight is 399 g/mol. The fraction of sp³-hybridized carbons (Fsp3) is 0.476. The lowest BCUT2D eigenvalue weighted by Crippen LogP contribution is -2.53. The number of amides is 1. The van der Waals surface area contributed by atoms with E-state index in [1.165, 1.54) is 5.56 Å². The van der Waals surface area contributed by atoms with Crippen LogP contribution in [-0.4, -0.2) is 70.0 Å². The number of guanidine groups is 1. The van der Waals surface area contributed by atoms with Gasteiger partial charge < -0.3 is 20.3 Å². The van der Waals surface area contributed by atoms with Gasteiger partial charge in [0.25, 0.3) is 0 Å². The number of benzene rings is 1. The lowest BCUT2D eigenvalue weighted by molar-refractivity contribution is 0.0186. The molecule has 156 valence electrons. The fourth-order valence-electron chi connectivity index (χ4n) is 3.08. The Morgan fingerprint density at radius 3 is 2.38 bits per heavy atom. The van der Waals surface area contributed by atoms with Crippen LogP contribution in [0.1, 0.15) is 26.3 Å². The quantitative estimate of drug-likeness (QED) is 0.630. The number of nitrogens with two attached hydrogens (primary N) is 1. The van der Waals surface area contributed by atoms with E-state index >= 15 is 0 Å². The molecule has 3 rings (SSSR count). The van der Waals surface area contributed by atoms with E-state index in [-0.39, 0.29) is 6.09 Å². The molecule has 1 aliphatic heterocycles. The van der Waals surface area contributed by atoms with Crippen molar-refractivity contribution in [1.82, 2.24) is 19.6 Å². The SMILES string of the molecule is CC(C)(C)OC(=O)N1CCN(C(N)=NCCc2ccc(-n3cccn3)cc2)CC1. The summed E-state index contributed by atoms with van der Waals surface area (Å²) in [6, 6.07) is 10.2.